The summed E-state index contributed by atoms with van der Waals surface area (Å²) in [5, 5.41) is -0.429. The third-order valence-electron chi connectivity index (χ3n) is 4.00. The first-order chi connectivity index (χ1) is 10.4. The minimum atomic E-state index is -3.31. The molecule has 0 N–H and O–H groups in total. The molecule has 1 aromatic carbocycles. The summed E-state index contributed by atoms with van der Waals surface area (Å²) in [5.74, 6) is 0.136. The fourth-order valence-corrected chi connectivity index (χ4v) is 4.76. The summed E-state index contributed by atoms with van der Waals surface area (Å²) >= 11 is 0. The molecule has 2 atom stereocenters. The normalized spacial score (nSPS) is 14.4. The van der Waals surface area contributed by atoms with Gasteiger partial charge in [0.05, 0.1) is 10.1 Å². The van der Waals surface area contributed by atoms with E-state index in [2.05, 4.69) is 13.8 Å². The van der Waals surface area contributed by atoms with E-state index in [-0.39, 0.29) is 5.92 Å². The highest BCUT2D eigenvalue weighted by molar-refractivity contribution is 7.92. The molecule has 0 aliphatic rings. The van der Waals surface area contributed by atoms with Crippen molar-refractivity contribution in [1.29, 1.82) is 0 Å². The third-order valence-corrected chi connectivity index (χ3v) is 6.25. The van der Waals surface area contributed by atoms with Gasteiger partial charge in [-0.3, -0.25) is 0 Å². The van der Waals surface area contributed by atoms with Crippen LogP contribution < -0.4 is 0 Å². The van der Waals surface area contributed by atoms with E-state index in [9.17, 15) is 8.42 Å². The van der Waals surface area contributed by atoms with Gasteiger partial charge < -0.3 is 0 Å². The van der Waals surface area contributed by atoms with Crippen molar-refractivity contribution >= 4 is 9.84 Å². The molecule has 0 heterocycles. The minimum Gasteiger partial charge on any atom is -0.223 e. The summed E-state index contributed by atoms with van der Waals surface area (Å²) in [4.78, 5) is 0.429. The Kier molecular flexibility index (Phi) is 7.88. The lowest BCUT2D eigenvalue weighted by Gasteiger charge is -2.22. The molecule has 1 rings (SSSR count). The smallest absolute Gasteiger partial charge is 0.185 e. The van der Waals surface area contributed by atoms with Crippen molar-refractivity contribution in [2.45, 2.75) is 69.9 Å². The van der Waals surface area contributed by atoms with Crippen LogP contribution in [0.3, 0.4) is 0 Å². The summed E-state index contributed by atoms with van der Waals surface area (Å²) in [6.45, 7) is 8.19. The summed E-state index contributed by atoms with van der Waals surface area (Å²) in [6, 6.07) is 8.83. The van der Waals surface area contributed by atoms with Gasteiger partial charge in [-0.05, 0) is 38.3 Å². The highest BCUT2D eigenvalue weighted by Crippen LogP contribution is 2.27. The number of benzene rings is 1. The standard InChI is InChI=1S/C19H30O2S/c1-5-6-7-9-12-17(4)19(15-16(2)3)22(20,21)18-13-10-8-11-14-18/h8,10-11,13-15,17,19H,5-7,9,12H2,1-4H3. The molecule has 0 saturated heterocycles. The van der Waals surface area contributed by atoms with Crippen molar-refractivity contribution in [3.8, 4) is 0 Å². The van der Waals surface area contributed by atoms with Crippen LogP contribution >= 0.6 is 0 Å². The third kappa shape index (κ3) is 5.60. The maximum absolute atomic E-state index is 13.0. The molecule has 0 bridgehead atoms. The lowest BCUT2D eigenvalue weighted by atomic mass is 9.98. The quantitative estimate of drug-likeness (QED) is 0.450. The second-order valence-corrected chi connectivity index (χ2v) is 8.50. The van der Waals surface area contributed by atoms with Gasteiger partial charge in [-0.1, -0.05) is 69.4 Å². The van der Waals surface area contributed by atoms with Crippen LogP contribution in [0.15, 0.2) is 46.9 Å². The van der Waals surface area contributed by atoms with E-state index in [1.54, 1.807) is 24.3 Å². The van der Waals surface area contributed by atoms with Crippen molar-refractivity contribution in [3.05, 3.63) is 42.0 Å². The first kappa shape index (κ1) is 19.0. The summed E-state index contributed by atoms with van der Waals surface area (Å²) < 4.78 is 25.9. The van der Waals surface area contributed by atoms with E-state index < -0.39 is 15.1 Å². The predicted molar refractivity (Wildman–Crippen MR) is 94.8 cm³/mol. The number of allylic oxidation sites excluding steroid dienone is 1. The predicted octanol–water partition coefficient (Wildman–Crippen LogP) is 5.40. The highest BCUT2D eigenvalue weighted by atomic mass is 32.2. The van der Waals surface area contributed by atoms with Crippen LogP contribution in [0.5, 0.6) is 0 Å². The van der Waals surface area contributed by atoms with Crippen molar-refractivity contribution in [2.24, 2.45) is 5.92 Å². The molecule has 0 radical (unpaired) electrons. The molecule has 2 unspecified atom stereocenters. The zero-order chi connectivity index (χ0) is 16.6. The number of rotatable bonds is 9. The second-order valence-electron chi connectivity index (χ2n) is 6.39. The average molecular weight is 323 g/mol. The largest absolute Gasteiger partial charge is 0.223 e. The van der Waals surface area contributed by atoms with Gasteiger partial charge in [-0.2, -0.15) is 0 Å². The van der Waals surface area contributed by atoms with E-state index in [1.807, 2.05) is 26.0 Å². The monoisotopic (exact) mass is 322 g/mol. The maximum atomic E-state index is 13.0. The van der Waals surface area contributed by atoms with Gasteiger partial charge in [0.1, 0.15) is 0 Å². The Morgan fingerprint density at radius 3 is 2.27 bits per heavy atom. The molecule has 0 spiro atoms. The Morgan fingerprint density at radius 1 is 1.09 bits per heavy atom. The van der Waals surface area contributed by atoms with E-state index in [0.717, 1.165) is 18.4 Å². The highest BCUT2D eigenvalue weighted by Gasteiger charge is 2.30. The van der Waals surface area contributed by atoms with Gasteiger partial charge in [0.25, 0.3) is 0 Å². The van der Waals surface area contributed by atoms with E-state index in [4.69, 9.17) is 0 Å². The number of unbranched alkanes of at least 4 members (excludes halogenated alkanes) is 3. The Morgan fingerprint density at radius 2 is 1.73 bits per heavy atom. The van der Waals surface area contributed by atoms with Gasteiger partial charge in [-0.15, -0.1) is 0 Å². The Labute approximate surface area is 136 Å². The van der Waals surface area contributed by atoms with Crippen LogP contribution in [0.25, 0.3) is 0 Å². The van der Waals surface area contributed by atoms with Crippen molar-refractivity contribution < 1.29 is 8.42 Å². The van der Waals surface area contributed by atoms with Gasteiger partial charge in [0.2, 0.25) is 0 Å². The molecule has 0 aliphatic heterocycles. The van der Waals surface area contributed by atoms with E-state index in [1.165, 1.54) is 19.3 Å². The van der Waals surface area contributed by atoms with Crippen molar-refractivity contribution in [2.75, 3.05) is 0 Å². The molecule has 0 amide bonds. The molecule has 2 nitrogen and oxygen atoms in total. The molecule has 3 heteroatoms. The lowest BCUT2D eigenvalue weighted by Crippen LogP contribution is -2.27. The molecule has 1 aromatic rings. The Hall–Kier alpha value is -1.09. The van der Waals surface area contributed by atoms with Gasteiger partial charge in [0.15, 0.2) is 9.84 Å². The second kappa shape index (κ2) is 9.14. The van der Waals surface area contributed by atoms with Crippen LogP contribution in [0.4, 0.5) is 0 Å². The average Bonchev–Trinajstić information content (AvgIpc) is 2.49. The van der Waals surface area contributed by atoms with E-state index >= 15 is 0 Å². The molecule has 22 heavy (non-hydrogen) atoms. The fraction of sp³-hybridized carbons (Fsp3) is 0.579. The van der Waals surface area contributed by atoms with E-state index in [0.29, 0.717) is 4.90 Å². The summed E-state index contributed by atoms with van der Waals surface area (Å²) in [6.07, 6.45) is 7.60. The number of hydrogen-bond acceptors (Lipinski definition) is 2. The topological polar surface area (TPSA) is 34.1 Å². The zero-order valence-electron chi connectivity index (χ0n) is 14.4. The molecular weight excluding hydrogens is 292 g/mol. The molecule has 0 aliphatic carbocycles. The minimum absolute atomic E-state index is 0.136. The number of sulfone groups is 1. The van der Waals surface area contributed by atoms with Gasteiger partial charge >= 0.3 is 0 Å². The molecule has 0 saturated carbocycles. The fourth-order valence-electron chi connectivity index (χ4n) is 2.71. The first-order valence-electron chi connectivity index (χ1n) is 8.33. The van der Waals surface area contributed by atoms with Gasteiger partial charge in [-0.25, -0.2) is 8.42 Å². The molecule has 0 fully saturated rings. The van der Waals surface area contributed by atoms with Crippen molar-refractivity contribution in [1.82, 2.24) is 0 Å². The van der Waals surface area contributed by atoms with Crippen LogP contribution in [0.2, 0.25) is 0 Å². The Bertz CT molecular complexity index is 554. The SMILES string of the molecule is CCCCCCC(C)C(C=C(C)C)S(=O)(=O)c1ccccc1. The molecule has 124 valence electrons. The Balaban J connectivity index is 2.95. The summed E-state index contributed by atoms with van der Waals surface area (Å²) in [5.41, 5.74) is 1.06. The van der Waals surface area contributed by atoms with Crippen LogP contribution in [-0.2, 0) is 9.84 Å². The number of hydrogen-bond donors (Lipinski definition) is 0. The summed E-state index contributed by atoms with van der Waals surface area (Å²) in [7, 11) is -3.31. The first-order valence-corrected chi connectivity index (χ1v) is 9.88. The molecular formula is C19H30O2S. The van der Waals surface area contributed by atoms with Crippen LogP contribution in [0, 0.1) is 5.92 Å². The lowest BCUT2D eigenvalue weighted by molar-refractivity contribution is 0.480. The molecule has 0 aromatic heterocycles. The maximum Gasteiger partial charge on any atom is 0.185 e. The zero-order valence-corrected chi connectivity index (χ0v) is 15.2. The van der Waals surface area contributed by atoms with Gasteiger partial charge in [0, 0.05) is 0 Å². The van der Waals surface area contributed by atoms with Crippen LogP contribution in [0.1, 0.15) is 59.8 Å². The van der Waals surface area contributed by atoms with Crippen LogP contribution in [-0.4, -0.2) is 13.7 Å². The van der Waals surface area contributed by atoms with Crippen molar-refractivity contribution in [3.63, 3.8) is 0 Å².